The van der Waals surface area contributed by atoms with Crippen molar-refractivity contribution in [3.8, 4) is 0 Å². The zero-order valence-electron chi connectivity index (χ0n) is 15.0. The summed E-state index contributed by atoms with van der Waals surface area (Å²) in [5.74, 6) is 0. The third kappa shape index (κ3) is 3.82. The maximum absolute atomic E-state index is 12.6. The van der Waals surface area contributed by atoms with Gasteiger partial charge in [-0.05, 0) is 57.8 Å². The first-order chi connectivity index (χ1) is 11.0. The van der Waals surface area contributed by atoms with Crippen LogP contribution in [0.4, 0.5) is 4.79 Å². The lowest BCUT2D eigenvalue weighted by atomic mass is 10.0. The average molecular weight is 323 g/mol. The minimum Gasteiger partial charge on any atom is -0.385 e. The molecule has 2 atom stereocenters. The van der Waals surface area contributed by atoms with Crippen molar-refractivity contribution in [3.63, 3.8) is 0 Å². The van der Waals surface area contributed by atoms with Gasteiger partial charge in [0.1, 0.15) is 0 Å². The minimum atomic E-state index is 0.143. The predicted molar refractivity (Wildman–Crippen MR) is 91.5 cm³/mol. The molecule has 3 fully saturated rings. The Morgan fingerprint density at radius 2 is 2.00 bits per heavy atom. The number of hydrogen-bond donors (Lipinski definition) is 1. The predicted octanol–water partition coefficient (Wildman–Crippen LogP) is 2.46. The Kier molecular flexibility index (Phi) is 5.16. The van der Waals surface area contributed by atoms with Gasteiger partial charge in [0, 0.05) is 51.5 Å². The van der Waals surface area contributed by atoms with Gasteiger partial charge in [-0.15, -0.1) is 0 Å². The van der Waals surface area contributed by atoms with Gasteiger partial charge in [0.25, 0.3) is 0 Å². The van der Waals surface area contributed by atoms with Crippen molar-refractivity contribution in [2.75, 3.05) is 33.4 Å². The van der Waals surface area contributed by atoms with E-state index in [1.807, 2.05) is 0 Å². The standard InChI is InChI=1S/C18H33N3O2/c1-14(2)21-15-4-5-16(21)12-20(10-6-15)17(22)19-13-18(7-8-18)9-11-23-3/h14-16H,4-13H2,1-3H3,(H,19,22)/t15-,16+/m1/s1. The molecule has 2 saturated heterocycles. The monoisotopic (exact) mass is 323 g/mol. The number of amides is 2. The molecule has 1 N–H and O–H groups in total. The van der Waals surface area contributed by atoms with Gasteiger partial charge in [-0.3, -0.25) is 4.90 Å². The van der Waals surface area contributed by atoms with E-state index in [0.29, 0.717) is 23.5 Å². The van der Waals surface area contributed by atoms with Crippen molar-refractivity contribution in [2.45, 2.75) is 70.5 Å². The van der Waals surface area contributed by atoms with Gasteiger partial charge < -0.3 is 15.0 Å². The van der Waals surface area contributed by atoms with Crippen LogP contribution in [-0.4, -0.2) is 67.3 Å². The van der Waals surface area contributed by atoms with Gasteiger partial charge in [0.2, 0.25) is 0 Å². The van der Waals surface area contributed by atoms with Crippen molar-refractivity contribution in [2.24, 2.45) is 5.41 Å². The maximum atomic E-state index is 12.6. The molecule has 5 nitrogen and oxygen atoms in total. The fourth-order valence-corrected chi connectivity index (χ4v) is 4.52. The minimum absolute atomic E-state index is 0.143. The van der Waals surface area contributed by atoms with Crippen LogP contribution >= 0.6 is 0 Å². The topological polar surface area (TPSA) is 44.8 Å². The average Bonchev–Trinajstić information content (AvgIpc) is 3.21. The highest BCUT2D eigenvalue weighted by Crippen LogP contribution is 2.48. The Labute approximate surface area is 140 Å². The molecule has 0 aromatic heterocycles. The fraction of sp³-hybridized carbons (Fsp3) is 0.944. The van der Waals surface area contributed by atoms with Gasteiger partial charge in [-0.1, -0.05) is 0 Å². The first-order valence-corrected chi connectivity index (χ1v) is 9.34. The molecule has 2 bridgehead atoms. The second-order valence-electron chi connectivity index (χ2n) is 8.06. The van der Waals surface area contributed by atoms with Crippen LogP contribution in [-0.2, 0) is 4.74 Å². The number of nitrogens with one attached hydrogen (secondary N) is 1. The number of nitrogens with zero attached hydrogens (tertiary/aromatic N) is 2. The summed E-state index contributed by atoms with van der Waals surface area (Å²) >= 11 is 0. The molecule has 0 aromatic carbocycles. The summed E-state index contributed by atoms with van der Waals surface area (Å²) in [7, 11) is 1.75. The van der Waals surface area contributed by atoms with Crippen LogP contribution in [0, 0.1) is 5.41 Å². The molecule has 132 valence electrons. The van der Waals surface area contributed by atoms with Crippen LogP contribution in [0.3, 0.4) is 0 Å². The highest BCUT2D eigenvalue weighted by Gasteiger charge is 2.43. The summed E-state index contributed by atoms with van der Waals surface area (Å²) in [6, 6.07) is 1.95. The first-order valence-electron chi connectivity index (χ1n) is 9.34. The molecule has 23 heavy (non-hydrogen) atoms. The van der Waals surface area contributed by atoms with E-state index in [1.165, 1.54) is 25.7 Å². The van der Waals surface area contributed by atoms with E-state index in [1.54, 1.807) is 7.11 Å². The van der Waals surface area contributed by atoms with E-state index in [2.05, 4.69) is 29.0 Å². The van der Waals surface area contributed by atoms with Crippen molar-refractivity contribution >= 4 is 6.03 Å². The molecule has 0 spiro atoms. The van der Waals surface area contributed by atoms with E-state index in [0.717, 1.165) is 39.1 Å². The molecule has 1 aliphatic carbocycles. The Bertz CT molecular complexity index is 422. The fourth-order valence-electron chi connectivity index (χ4n) is 4.52. The molecule has 1 saturated carbocycles. The molecule has 0 unspecified atom stereocenters. The van der Waals surface area contributed by atoms with Crippen molar-refractivity contribution < 1.29 is 9.53 Å². The molecule has 2 amide bonds. The normalized spacial score (nSPS) is 29.7. The molecule has 2 aliphatic heterocycles. The van der Waals surface area contributed by atoms with Crippen LogP contribution in [0.2, 0.25) is 0 Å². The quantitative estimate of drug-likeness (QED) is 0.817. The zero-order chi connectivity index (χ0) is 16.4. The van der Waals surface area contributed by atoms with Crippen LogP contribution in [0.25, 0.3) is 0 Å². The number of urea groups is 1. The summed E-state index contributed by atoms with van der Waals surface area (Å²) in [6.07, 6.45) is 7.18. The molecule has 3 rings (SSSR count). The lowest BCUT2D eigenvalue weighted by molar-refractivity contribution is 0.145. The van der Waals surface area contributed by atoms with Crippen molar-refractivity contribution in [1.29, 1.82) is 0 Å². The number of likely N-dealkylation sites (tertiary alicyclic amines) is 1. The van der Waals surface area contributed by atoms with Gasteiger partial charge in [0.05, 0.1) is 0 Å². The Balaban J connectivity index is 1.51. The zero-order valence-corrected chi connectivity index (χ0v) is 15.0. The number of carbonyl (C=O) groups excluding carboxylic acids is 1. The van der Waals surface area contributed by atoms with Crippen LogP contribution < -0.4 is 5.32 Å². The Hall–Kier alpha value is -0.810. The third-order valence-corrected chi connectivity index (χ3v) is 6.13. The van der Waals surface area contributed by atoms with Gasteiger partial charge in [-0.25, -0.2) is 4.79 Å². The van der Waals surface area contributed by atoms with E-state index in [9.17, 15) is 4.79 Å². The highest BCUT2D eigenvalue weighted by atomic mass is 16.5. The van der Waals surface area contributed by atoms with Crippen molar-refractivity contribution in [3.05, 3.63) is 0 Å². The summed E-state index contributed by atoms with van der Waals surface area (Å²) in [5.41, 5.74) is 0.320. The van der Waals surface area contributed by atoms with Gasteiger partial charge in [0.15, 0.2) is 0 Å². The van der Waals surface area contributed by atoms with Crippen LogP contribution in [0.15, 0.2) is 0 Å². The molecule has 3 aliphatic rings. The number of carbonyl (C=O) groups is 1. The Morgan fingerprint density at radius 3 is 2.65 bits per heavy atom. The highest BCUT2D eigenvalue weighted by molar-refractivity contribution is 5.74. The number of hydrogen-bond acceptors (Lipinski definition) is 3. The molecule has 2 heterocycles. The van der Waals surface area contributed by atoms with Crippen molar-refractivity contribution in [1.82, 2.24) is 15.1 Å². The van der Waals surface area contributed by atoms with Gasteiger partial charge >= 0.3 is 6.03 Å². The molecular weight excluding hydrogens is 290 g/mol. The maximum Gasteiger partial charge on any atom is 0.317 e. The second kappa shape index (κ2) is 6.98. The first kappa shape index (κ1) is 17.0. The molecule has 5 heteroatoms. The van der Waals surface area contributed by atoms with E-state index in [-0.39, 0.29) is 6.03 Å². The second-order valence-corrected chi connectivity index (χ2v) is 8.06. The number of ether oxygens (including phenoxy) is 1. The number of methoxy groups -OCH3 is 1. The largest absolute Gasteiger partial charge is 0.385 e. The number of rotatable bonds is 6. The molecule has 0 aromatic rings. The summed E-state index contributed by atoms with van der Waals surface area (Å²) in [6.45, 7) is 7.98. The smallest absolute Gasteiger partial charge is 0.317 e. The summed E-state index contributed by atoms with van der Waals surface area (Å²) in [4.78, 5) is 17.3. The van der Waals surface area contributed by atoms with E-state index < -0.39 is 0 Å². The summed E-state index contributed by atoms with van der Waals surface area (Å²) in [5, 5.41) is 3.21. The summed E-state index contributed by atoms with van der Waals surface area (Å²) < 4.78 is 5.20. The lowest BCUT2D eigenvalue weighted by Crippen LogP contribution is -2.47. The molecule has 0 radical (unpaired) electrons. The Morgan fingerprint density at radius 1 is 1.26 bits per heavy atom. The van der Waals surface area contributed by atoms with Gasteiger partial charge in [-0.2, -0.15) is 0 Å². The SMILES string of the molecule is COCCC1(CNC(=O)N2CC[C@H]3CC[C@@H](C2)N3C(C)C)CC1. The van der Waals surface area contributed by atoms with Crippen LogP contribution in [0.1, 0.15) is 52.4 Å². The van der Waals surface area contributed by atoms with Crippen LogP contribution in [0.5, 0.6) is 0 Å². The van der Waals surface area contributed by atoms with E-state index in [4.69, 9.17) is 4.74 Å². The number of fused-ring (bicyclic) bond motifs is 2. The third-order valence-electron chi connectivity index (χ3n) is 6.13. The lowest BCUT2D eigenvalue weighted by Gasteiger charge is -2.32. The molecular formula is C18H33N3O2. The van der Waals surface area contributed by atoms with E-state index >= 15 is 0 Å².